The van der Waals surface area contributed by atoms with Crippen LogP contribution in [0.1, 0.15) is 20.3 Å². The summed E-state index contributed by atoms with van der Waals surface area (Å²) in [7, 11) is -3.62. The van der Waals surface area contributed by atoms with Crippen LogP contribution < -0.4 is 5.32 Å². The molecule has 0 heterocycles. The molecule has 0 saturated heterocycles. The number of amides is 1. The lowest BCUT2D eigenvalue weighted by Gasteiger charge is -2.14. The molecule has 17 heavy (non-hydrogen) atoms. The normalized spacial score (nSPS) is 11.5. The van der Waals surface area contributed by atoms with E-state index >= 15 is 0 Å². The van der Waals surface area contributed by atoms with Crippen LogP contribution in [0.25, 0.3) is 0 Å². The first kappa shape index (κ1) is 16.5. The molecule has 2 N–H and O–H groups in total. The van der Waals surface area contributed by atoms with E-state index in [-0.39, 0.29) is 25.8 Å². The van der Waals surface area contributed by atoms with Gasteiger partial charge in [-0.2, -0.15) is 0 Å². The third kappa shape index (κ3) is 8.25. The number of hydrogen-bond acceptors (Lipinski definition) is 7. The van der Waals surface area contributed by atoms with Crippen molar-refractivity contribution in [2.24, 2.45) is 0 Å². The van der Waals surface area contributed by atoms with E-state index in [1.165, 1.54) is 0 Å². The van der Waals surface area contributed by atoms with Crippen molar-refractivity contribution >= 4 is 13.5 Å². The smallest absolute Gasteiger partial charge is 0.377 e. The Balaban J connectivity index is 4.17. The van der Waals surface area contributed by atoms with Crippen LogP contribution in [0.3, 0.4) is 0 Å². The van der Waals surface area contributed by atoms with Crippen LogP contribution in [-0.4, -0.2) is 37.1 Å². The fourth-order valence-electron chi connectivity index (χ4n) is 0.768. The van der Waals surface area contributed by atoms with E-state index in [1.54, 1.807) is 13.8 Å². The topological polar surface area (TPSA) is 103 Å². The Morgan fingerprint density at radius 1 is 1.24 bits per heavy atom. The Morgan fingerprint density at radius 2 is 1.76 bits per heavy atom. The molecule has 1 amide bonds. The molecule has 0 unspecified atom stereocenters. The molecule has 0 rings (SSSR count). The summed E-state index contributed by atoms with van der Waals surface area (Å²) < 4.78 is 21.1. The number of carbonyl (C=O) groups is 1. The highest BCUT2D eigenvalue weighted by Crippen LogP contribution is 2.49. The molecule has 0 aromatic rings. The van der Waals surface area contributed by atoms with Crippen molar-refractivity contribution < 1.29 is 33.6 Å². The molecule has 0 aliphatic carbocycles. The van der Waals surface area contributed by atoms with Gasteiger partial charge in [0.1, 0.15) is 6.73 Å². The predicted octanol–water partition coefficient (Wildman–Crippen LogP) is 0.572. The molecule has 0 aliphatic heterocycles. The summed E-state index contributed by atoms with van der Waals surface area (Å²) in [4.78, 5) is 20.1. The summed E-state index contributed by atoms with van der Waals surface area (Å²) in [6.07, 6.45) is -0.350. The van der Waals surface area contributed by atoms with E-state index in [0.29, 0.717) is 0 Å². The van der Waals surface area contributed by atoms with Crippen LogP contribution in [0.2, 0.25) is 0 Å². The highest BCUT2D eigenvalue weighted by molar-refractivity contribution is 7.53. The highest BCUT2D eigenvalue weighted by Gasteiger charge is 2.28. The SMILES string of the molecule is CCOOP(=O)(CCC(=O)NCO)OOCC. The lowest BCUT2D eigenvalue weighted by Crippen LogP contribution is -2.24. The van der Waals surface area contributed by atoms with Crippen molar-refractivity contribution in [3.63, 3.8) is 0 Å². The minimum absolute atomic E-state index is 0.141. The van der Waals surface area contributed by atoms with Gasteiger partial charge in [-0.15, -0.1) is 9.35 Å². The number of nitrogens with one attached hydrogen (secondary N) is 1. The number of hydrogen-bond donors (Lipinski definition) is 2. The monoisotopic (exact) mass is 271 g/mol. The van der Waals surface area contributed by atoms with Gasteiger partial charge in [0.05, 0.1) is 19.4 Å². The Kier molecular flexibility index (Phi) is 9.24. The minimum atomic E-state index is -3.62. The molecule has 0 saturated carbocycles. The zero-order valence-electron chi connectivity index (χ0n) is 9.88. The molecule has 0 atom stereocenters. The predicted molar refractivity (Wildman–Crippen MR) is 57.7 cm³/mol. The lowest BCUT2D eigenvalue weighted by atomic mass is 10.5. The van der Waals surface area contributed by atoms with Crippen molar-refractivity contribution in [2.45, 2.75) is 20.3 Å². The van der Waals surface area contributed by atoms with Crippen LogP contribution in [0, 0.1) is 0 Å². The molecule has 0 aliphatic rings. The molecular weight excluding hydrogens is 253 g/mol. The first-order valence-electron chi connectivity index (χ1n) is 5.17. The first-order chi connectivity index (χ1) is 8.08. The quantitative estimate of drug-likeness (QED) is 0.259. The van der Waals surface area contributed by atoms with Crippen molar-refractivity contribution in [3.8, 4) is 0 Å². The fourth-order valence-corrected chi connectivity index (χ4v) is 1.95. The summed E-state index contributed by atoms with van der Waals surface area (Å²) in [5.74, 6) is -0.479. The Bertz CT molecular complexity index is 248. The Hall–Kier alpha value is -0.500. The minimum Gasteiger partial charge on any atom is -0.377 e. The van der Waals surface area contributed by atoms with E-state index in [0.717, 1.165) is 0 Å². The summed E-state index contributed by atoms with van der Waals surface area (Å²) >= 11 is 0. The third-order valence-corrected chi connectivity index (χ3v) is 2.89. The third-order valence-electron chi connectivity index (χ3n) is 1.46. The average molecular weight is 271 g/mol. The van der Waals surface area contributed by atoms with Gasteiger partial charge in [-0.3, -0.25) is 9.36 Å². The lowest BCUT2D eigenvalue weighted by molar-refractivity contribution is -0.263. The highest BCUT2D eigenvalue weighted by atomic mass is 31.2. The maximum Gasteiger partial charge on any atom is 0.384 e. The molecule has 0 bridgehead atoms. The molecule has 0 aromatic heterocycles. The van der Waals surface area contributed by atoms with Gasteiger partial charge in [-0.05, 0) is 13.8 Å². The molecule has 8 nitrogen and oxygen atoms in total. The van der Waals surface area contributed by atoms with Gasteiger partial charge in [-0.1, -0.05) is 0 Å². The molecular formula is C8H18NO7P. The van der Waals surface area contributed by atoms with Gasteiger partial charge in [0.15, 0.2) is 0 Å². The largest absolute Gasteiger partial charge is 0.384 e. The maximum atomic E-state index is 11.9. The molecule has 0 spiro atoms. The van der Waals surface area contributed by atoms with Crippen LogP contribution in [0.15, 0.2) is 0 Å². The fraction of sp³-hybridized carbons (Fsp3) is 0.875. The Morgan fingerprint density at radius 3 is 2.18 bits per heavy atom. The van der Waals surface area contributed by atoms with Gasteiger partial charge in [0.2, 0.25) is 5.91 Å². The second-order valence-electron chi connectivity index (χ2n) is 2.80. The summed E-state index contributed by atoms with van der Waals surface area (Å²) in [5, 5.41) is 10.6. The first-order valence-corrected chi connectivity index (χ1v) is 6.89. The summed E-state index contributed by atoms with van der Waals surface area (Å²) in [6.45, 7) is 3.17. The van der Waals surface area contributed by atoms with Crippen molar-refractivity contribution in [2.75, 3.05) is 26.1 Å². The number of aliphatic hydroxyl groups is 1. The molecule has 9 heteroatoms. The van der Waals surface area contributed by atoms with Crippen LogP contribution in [0.4, 0.5) is 0 Å². The zero-order chi connectivity index (χ0) is 13.1. The maximum absolute atomic E-state index is 11.9. The second kappa shape index (κ2) is 9.52. The van der Waals surface area contributed by atoms with Gasteiger partial charge in [0, 0.05) is 6.42 Å². The van der Waals surface area contributed by atoms with Gasteiger partial charge < -0.3 is 10.4 Å². The average Bonchev–Trinajstić information content (AvgIpc) is 2.32. The van der Waals surface area contributed by atoms with Gasteiger partial charge in [0.25, 0.3) is 0 Å². The van der Waals surface area contributed by atoms with E-state index in [1.807, 2.05) is 0 Å². The number of carbonyl (C=O) groups excluding carboxylic acids is 1. The number of rotatable bonds is 10. The van der Waals surface area contributed by atoms with E-state index < -0.39 is 20.2 Å². The standard InChI is InChI=1S/C8H18NO7P/c1-3-13-15-17(12,16-14-4-2)6-5-8(11)9-7-10/h10H,3-7H2,1-2H3,(H,9,11). The van der Waals surface area contributed by atoms with Crippen molar-refractivity contribution in [3.05, 3.63) is 0 Å². The van der Waals surface area contributed by atoms with E-state index in [9.17, 15) is 9.36 Å². The Labute approximate surface area is 99.6 Å². The summed E-state index contributed by atoms with van der Waals surface area (Å²) in [5.41, 5.74) is 0. The van der Waals surface area contributed by atoms with Crippen LogP contribution in [-0.2, 0) is 28.5 Å². The molecule has 0 aromatic carbocycles. The molecule has 0 fully saturated rings. The van der Waals surface area contributed by atoms with Gasteiger partial charge in [-0.25, -0.2) is 9.78 Å². The molecule has 102 valence electrons. The zero-order valence-corrected chi connectivity index (χ0v) is 10.8. The van der Waals surface area contributed by atoms with Gasteiger partial charge >= 0.3 is 7.60 Å². The van der Waals surface area contributed by atoms with Crippen LogP contribution in [0.5, 0.6) is 0 Å². The van der Waals surface area contributed by atoms with Crippen molar-refractivity contribution in [1.82, 2.24) is 5.32 Å². The van der Waals surface area contributed by atoms with Crippen LogP contribution >= 0.6 is 7.60 Å². The van der Waals surface area contributed by atoms with E-state index in [2.05, 4.69) is 24.4 Å². The summed E-state index contributed by atoms with van der Waals surface area (Å²) in [6, 6.07) is 0. The van der Waals surface area contributed by atoms with E-state index in [4.69, 9.17) is 5.11 Å². The second-order valence-corrected chi connectivity index (χ2v) is 4.77. The molecule has 0 radical (unpaired) electrons. The van der Waals surface area contributed by atoms with Crippen molar-refractivity contribution in [1.29, 1.82) is 0 Å². The number of aliphatic hydroxyl groups excluding tert-OH is 1.